The maximum absolute atomic E-state index is 12.9. The fraction of sp³-hybridized carbons (Fsp3) is 0.435. The topological polar surface area (TPSA) is 70.9 Å². The van der Waals surface area contributed by atoms with Gasteiger partial charge in [-0.2, -0.15) is 0 Å². The minimum atomic E-state index is -3.56. The van der Waals surface area contributed by atoms with E-state index >= 15 is 0 Å². The fourth-order valence-electron chi connectivity index (χ4n) is 3.66. The summed E-state index contributed by atoms with van der Waals surface area (Å²) in [5.41, 5.74) is 3.19. The number of carbonyl (C=O) groups excluding carboxylic acids is 1. The fourth-order valence-corrected chi connectivity index (χ4v) is 4.98. The highest BCUT2D eigenvalue weighted by Gasteiger charge is 2.25. The molecule has 1 fully saturated rings. The molecule has 0 saturated carbocycles. The molecule has 1 atom stereocenters. The summed E-state index contributed by atoms with van der Waals surface area (Å²) in [4.78, 5) is 16.4. The van der Waals surface area contributed by atoms with Crippen LogP contribution in [0.4, 0.5) is 0 Å². The van der Waals surface area contributed by atoms with Crippen molar-refractivity contribution in [3.05, 3.63) is 65.2 Å². The Morgan fingerprint density at radius 1 is 1.10 bits per heavy atom. The number of amides is 1. The molecule has 1 saturated heterocycles. The van der Waals surface area contributed by atoms with E-state index in [4.69, 9.17) is 0 Å². The molecule has 0 bridgehead atoms. The molecule has 0 unspecified atom stereocenters. The van der Waals surface area contributed by atoms with Gasteiger partial charge in [0.25, 0.3) is 5.91 Å². The lowest BCUT2D eigenvalue weighted by atomic mass is 10.1. The van der Waals surface area contributed by atoms with Crippen molar-refractivity contribution in [1.29, 1.82) is 0 Å². The third kappa shape index (κ3) is 5.47. The van der Waals surface area contributed by atoms with E-state index in [0.717, 1.165) is 19.6 Å². The molecular formula is C23H32N3O3S+. The van der Waals surface area contributed by atoms with E-state index in [1.165, 1.54) is 28.2 Å². The Hall–Kier alpha value is -2.22. The van der Waals surface area contributed by atoms with Crippen molar-refractivity contribution in [2.45, 2.75) is 44.7 Å². The molecule has 0 radical (unpaired) electrons. The van der Waals surface area contributed by atoms with E-state index in [2.05, 4.69) is 35.9 Å². The lowest BCUT2D eigenvalue weighted by Crippen LogP contribution is -3.13. The number of nitrogens with zero attached hydrogens (tertiary/aromatic N) is 1. The summed E-state index contributed by atoms with van der Waals surface area (Å²) in [5.74, 6) is -0.0382. The molecule has 3 rings (SSSR count). The van der Waals surface area contributed by atoms with Gasteiger partial charge in [0.15, 0.2) is 0 Å². The van der Waals surface area contributed by atoms with Gasteiger partial charge in [-0.1, -0.05) is 31.2 Å². The minimum absolute atomic E-state index is 0.0382. The molecule has 1 aliphatic heterocycles. The third-order valence-corrected chi connectivity index (χ3v) is 7.45. The number of piperazine rings is 1. The van der Waals surface area contributed by atoms with Gasteiger partial charge >= 0.3 is 0 Å². The molecule has 2 aromatic carbocycles. The van der Waals surface area contributed by atoms with E-state index in [-0.39, 0.29) is 16.8 Å². The number of carbonyl (C=O) groups is 1. The van der Waals surface area contributed by atoms with Gasteiger partial charge in [0.05, 0.1) is 31.1 Å². The first-order valence-corrected chi connectivity index (χ1v) is 12.1. The van der Waals surface area contributed by atoms with Crippen LogP contribution in [0.15, 0.2) is 53.4 Å². The minimum Gasteiger partial charge on any atom is -0.328 e. The van der Waals surface area contributed by atoms with Crippen LogP contribution in [0, 0.1) is 6.92 Å². The monoisotopic (exact) mass is 430 g/mol. The number of hydrogen-bond donors (Lipinski definition) is 2. The molecule has 0 spiro atoms. The number of hydrogen-bond acceptors (Lipinski definition) is 3. The molecule has 1 heterocycles. The van der Waals surface area contributed by atoms with E-state index < -0.39 is 10.0 Å². The summed E-state index contributed by atoms with van der Waals surface area (Å²) in [6.45, 7) is 10.1. The van der Waals surface area contributed by atoms with Crippen molar-refractivity contribution < 1.29 is 18.1 Å². The summed E-state index contributed by atoms with van der Waals surface area (Å²) >= 11 is 0. The highest BCUT2D eigenvalue weighted by atomic mass is 32.2. The highest BCUT2D eigenvalue weighted by molar-refractivity contribution is 7.89. The highest BCUT2D eigenvalue weighted by Crippen LogP contribution is 2.14. The normalized spacial score (nSPS) is 16.4. The van der Waals surface area contributed by atoms with E-state index in [1.807, 2.05) is 18.7 Å². The predicted molar refractivity (Wildman–Crippen MR) is 118 cm³/mol. The molecule has 2 aromatic rings. The molecule has 1 amide bonds. The second-order valence-corrected chi connectivity index (χ2v) is 9.81. The molecule has 162 valence electrons. The summed E-state index contributed by atoms with van der Waals surface area (Å²) in [5, 5.41) is 0. The average molecular weight is 431 g/mol. The van der Waals surface area contributed by atoms with Crippen molar-refractivity contribution in [2.75, 3.05) is 26.2 Å². The molecule has 30 heavy (non-hydrogen) atoms. The number of aryl methyl sites for hydroxylation is 1. The Morgan fingerprint density at radius 2 is 1.73 bits per heavy atom. The molecule has 6 nitrogen and oxygen atoms in total. The van der Waals surface area contributed by atoms with Crippen LogP contribution in [-0.4, -0.2) is 51.4 Å². The first kappa shape index (κ1) is 22.5. The SMILES string of the molecule is CC[C@H](C)NS(=O)(=O)c1ccc(C(=O)N2CC[NH+](Cc3ccccc3C)CC2)cc1. The first-order chi connectivity index (χ1) is 14.3. The van der Waals surface area contributed by atoms with Gasteiger partial charge in [-0.25, -0.2) is 13.1 Å². The molecule has 1 aliphatic rings. The second-order valence-electron chi connectivity index (χ2n) is 8.10. The second kappa shape index (κ2) is 9.73. The average Bonchev–Trinajstić information content (AvgIpc) is 2.75. The zero-order valence-corrected chi connectivity index (χ0v) is 18.8. The van der Waals surface area contributed by atoms with Gasteiger partial charge in [0, 0.05) is 17.2 Å². The molecular weight excluding hydrogens is 398 g/mol. The van der Waals surface area contributed by atoms with Crippen LogP contribution < -0.4 is 9.62 Å². The lowest BCUT2D eigenvalue weighted by Gasteiger charge is -2.32. The zero-order chi connectivity index (χ0) is 21.7. The summed E-state index contributed by atoms with van der Waals surface area (Å²) in [6.07, 6.45) is 0.716. The molecule has 0 aromatic heterocycles. The standard InChI is InChI=1S/C23H31N3O3S/c1-4-19(3)24-30(28,29)22-11-9-20(10-12-22)23(27)26-15-13-25(14-16-26)17-21-8-6-5-7-18(21)2/h5-12,19,24H,4,13-17H2,1-3H3/p+1/t19-/m0/s1. The number of quaternary nitrogens is 1. The number of rotatable bonds is 7. The van der Waals surface area contributed by atoms with Crippen LogP contribution in [-0.2, 0) is 16.6 Å². The maximum Gasteiger partial charge on any atom is 0.254 e. The Morgan fingerprint density at radius 3 is 2.33 bits per heavy atom. The number of nitrogens with one attached hydrogen (secondary N) is 2. The van der Waals surface area contributed by atoms with Crippen LogP contribution >= 0.6 is 0 Å². The molecule has 0 aliphatic carbocycles. The van der Waals surface area contributed by atoms with Crippen LogP contribution in [0.25, 0.3) is 0 Å². The van der Waals surface area contributed by atoms with Crippen molar-refractivity contribution in [2.24, 2.45) is 0 Å². The number of benzene rings is 2. The number of sulfonamides is 1. The van der Waals surface area contributed by atoms with Gasteiger partial charge in [0.1, 0.15) is 6.54 Å². The predicted octanol–water partition coefficient (Wildman–Crippen LogP) is 1.61. The third-order valence-electron chi connectivity index (χ3n) is 5.84. The van der Waals surface area contributed by atoms with Crippen molar-refractivity contribution >= 4 is 15.9 Å². The summed E-state index contributed by atoms with van der Waals surface area (Å²) < 4.78 is 27.4. The van der Waals surface area contributed by atoms with Crippen LogP contribution in [0.2, 0.25) is 0 Å². The van der Waals surface area contributed by atoms with E-state index in [1.54, 1.807) is 12.1 Å². The molecule has 7 heteroatoms. The summed E-state index contributed by atoms with van der Waals surface area (Å²) in [7, 11) is -3.56. The Bertz CT molecular complexity index is 965. The largest absolute Gasteiger partial charge is 0.328 e. The lowest BCUT2D eigenvalue weighted by molar-refractivity contribution is -0.917. The van der Waals surface area contributed by atoms with Crippen molar-refractivity contribution in [1.82, 2.24) is 9.62 Å². The molecule has 2 N–H and O–H groups in total. The van der Waals surface area contributed by atoms with E-state index in [0.29, 0.717) is 25.1 Å². The van der Waals surface area contributed by atoms with Gasteiger partial charge in [0.2, 0.25) is 10.0 Å². The zero-order valence-electron chi connectivity index (χ0n) is 18.0. The van der Waals surface area contributed by atoms with Gasteiger partial charge in [-0.15, -0.1) is 0 Å². The van der Waals surface area contributed by atoms with Crippen LogP contribution in [0.3, 0.4) is 0 Å². The quantitative estimate of drug-likeness (QED) is 0.701. The first-order valence-electron chi connectivity index (χ1n) is 10.6. The van der Waals surface area contributed by atoms with Crippen LogP contribution in [0.5, 0.6) is 0 Å². The van der Waals surface area contributed by atoms with Crippen molar-refractivity contribution in [3.8, 4) is 0 Å². The van der Waals surface area contributed by atoms with E-state index in [9.17, 15) is 13.2 Å². The summed E-state index contributed by atoms with van der Waals surface area (Å²) in [6, 6.07) is 14.6. The van der Waals surface area contributed by atoms with Crippen molar-refractivity contribution in [3.63, 3.8) is 0 Å². The Balaban J connectivity index is 1.58. The Kier molecular flexibility index (Phi) is 7.28. The van der Waals surface area contributed by atoms with Gasteiger partial charge in [-0.05, 0) is 50.1 Å². The van der Waals surface area contributed by atoms with Gasteiger partial charge in [-0.3, -0.25) is 4.79 Å². The smallest absolute Gasteiger partial charge is 0.254 e. The van der Waals surface area contributed by atoms with Crippen LogP contribution in [0.1, 0.15) is 41.8 Å². The maximum atomic E-state index is 12.9. The Labute approximate surface area is 179 Å². The van der Waals surface area contributed by atoms with Gasteiger partial charge < -0.3 is 9.80 Å².